The number of nitrogens with zero attached hydrogens (tertiary/aromatic N) is 6. The Hall–Kier alpha value is -3.90. The fraction of sp³-hybridized carbons (Fsp3) is 0.387. The number of benzene rings is 2. The summed E-state index contributed by atoms with van der Waals surface area (Å²) in [6.45, 7) is 2.30. The van der Waals surface area contributed by atoms with Gasteiger partial charge in [0.1, 0.15) is 23.6 Å². The predicted molar refractivity (Wildman–Crippen MR) is 160 cm³/mol. The van der Waals surface area contributed by atoms with E-state index >= 15 is 0 Å². The summed E-state index contributed by atoms with van der Waals surface area (Å²) >= 11 is 1.50. The maximum Gasteiger partial charge on any atom is 0.335 e. The van der Waals surface area contributed by atoms with E-state index < -0.39 is 18.0 Å². The number of fused-ring (bicyclic) bond motifs is 1. The Morgan fingerprint density at radius 2 is 2.05 bits per heavy atom. The average Bonchev–Trinajstić information content (AvgIpc) is 3.74. The van der Waals surface area contributed by atoms with Crippen LogP contribution in [-0.2, 0) is 13.0 Å². The largest absolute Gasteiger partial charge is 0.478 e. The van der Waals surface area contributed by atoms with E-state index in [0.717, 1.165) is 29.0 Å². The van der Waals surface area contributed by atoms with Crippen LogP contribution in [-0.4, -0.2) is 80.6 Å². The molecule has 3 aliphatic heterocycles. The van der Waals surface area contributed by atoms with Crippen LogP contribution in [0.3, 0.4) is 0 Å². The van der Waals surface area contributed by atoms with Gasteiger partial charge >= 0.3 is 5.97 Å². The number of aromatic carboxylic acids is 1. The third kappa shape index (κ3) is 6.25. The standard InChI is InChI=1S/C31H32F2N6O3S/c1-43-27-6-5-22(32)12-24(27)25-13-23(33)18-38(25)29-8-7-28-34-15-26(39(28)36-29)30(40)35-14-20-9-10-37(17-20)16-19-3-2-4-21(11-19)31(41)42/h2-6,11-12,14-15,20,23,25H,7-10,13,16-18H2,1H3,(H,41,42)/t20?,23-,25+/m0/s1. The van der Waals surface area contributed by atoms with Crippen LogP contribution in [0.4, 0.5) is 8.78 Å². The van der Waals surface area contributed by atoms with Crippen molar-refractivity contribution in [2.24, 2.45) is 16.0 Å². The summed E-state index contributed by atoms with van der Waals surface area (Å²) in [6, 6.07) is 11.2. The average molecular weight is 607 g/mol. The number of likely N-dealkylation sites (tertiary alicyclic amines) is 2. The Bertz CT molecular complexity index is 1610. The molecule has 3 aliphatic rings. The number of aliphatic imine (C=N–C) groups is 1. The molecule has 1 amide bonds. The fourth-order valence-corrected chi connectivity index (χ4v) is 6.80. The monoisotopic (exact) mass is 606 g/mol. The van der Waals surface area contributed by atoms with Gasteiger partial charge in [-0.15, -0.1) is 11.8 Å². The molecule has 9 nitrogen and oxygen atoms in total. The van der Waals surface area contributed by atoms with Crippen molar-refractivity contribution in [3.05, 3.63) is 82.7 Å². The molecule has 2 saturated heterocycles. The Kier molecular flexibility index (Phi) is 8.40. The number of rotatable bonds is 7. The first-order chi connectivity index (χ1) is 20.8. The number of imidazole rings is 1. The van der Waals surface area contributed by atoms with Crippen LogP contribution < -0.4 is 0 Å². The summed E-state index contributed by atoms with van der Waals surface area (Å²) in [6.07, 6.45) is 6.15. The summed E-state index contributed by atoms with van der Waals surface area (Å²) in [7, 11) is 0. The van der Waals surface area contributed by atoms with Gasteiger partial charge in [0.2, 0.25) is 0 Å². The molecule has 6 rings (SSSR count). The van der Waals surface area contributed by atoms with E-state index in [4.69, 9.17) is 5.10 Å². The number of aryl methyl sites for hydroxylation is 1. The van der Waals surface area contributed by atoms with E-state index in [-0.39, 0.29) is 42.0 Å². The summed E-state index contributed by atoms with van der Waals surface area (Å²) in [5.74, 6) is -0.398. The van der Waals surface area contributed by atoms with Gasteiger partial charge in [-0.2, -0.15) is 5.10 Å². The summed E-state index contributed by atoms with van der Waals surface area (Å²) < 4.78 is 30.5. The summed E-state index contributed by atoms with van der Waals surface area (Å²) in [5.41, 5.74) is 2.17. The van der Waals surface area contributed by atoms with Crippen LogP contribution in [0, 0.1) is 11.7 Å². The van der Waals surface area contributed by atoms with Gasteiger partial charge in [-0.1, -0.05) is 12.1 Å². The van der Waals surface area contributed by atoms with Gasteiger partial charge in [-0.25, -0.2) is 28.2 Å². The summed E-state index contributed by atoms with van der Waals surface area (Å²) in [4.78, 5) is 38.1. The maximum absolute atomic E-state index is 14.8. The van der Waals surface area contributed by atoms with E-state index in [1.807, 2.05) is 17.2 Å². The number of alkyl halides is 1. The van der Waals surface area contributed by atoms with Crippen molar-refractivity contribution < 1.29 is 23.5 Å². The second-order valence-corrected chi connectivity index (χ2v) is 12.0. The maximum atomic E-state index is 14.8. The van der Waals surface area contributed by atoms with Crippen molar-refractivity contribution >= 4 is 35.7 Å². The second-order valence-electron chi connectivity index (χ2n) is 11.1. The molecule has 0 spiro atoms. The first kappa shape index (κ1) is 29.2. The quantitative estimate of drug-likeness (QED) is 0.296. The van der Waals surface area contributed by atoms with Crippen molar-refractivity contribution in [2.75, 3.05) is 25.9 Å². The highest BCUT2D eigenvalue weighted by atomic mass is 32.2. The van der Waals surface area contributed by atoms with E-state index in [1.165, 1.54) is 34.8 Å². The summed E-state index contributed by atoms with van der Waals surface area (Å²) in [5, 5.41) is 14.0. The van der Waals surface area contributed by atoms with Crippen LogP contribution in [0.2, 0.25) is 0 Å². The topological polar surface area (TPSA) is 103 Å². The van der Waals surface area contributed by atoms with Crippen molar-refractivity contribution in [1.29, 1.82) is 0 Å². The molecule has 2 aromatic carbocycles. The molecule has 0 radical (unpaired) electrons. The van der Waals surface area contributed by atoms with Gasteiger partial charge in [0.25, 0.3) is 5.91 Å². The normalized spacial score (nSPS) is 22.3. The lowest BCUT2D eigenvalue weighted by Gasteiger charge is -2.30. The molecule has 4 heterocycles. The predicted octanol–water partition coefficient (Wildman–Crippen LogP) is 5.07. The molecule has 12 heteroatoms. The van der Waals surface area contributed by atoms with Crippen molar-refractivity contribution in [3.63, 3.8) is 0 Å². The molecule has 1 unspecified atom stereocenters. The first-order valence-electron chi connectivity index (χ1n) is 14.3. The van der Waals surface area contributed by atoms with E-state index in [1.54, 1.807) is 30.5 Å². The van der Waals surface area contributed by atoms with Crippen LogP contribution in [0.25, 0.3) is 0 Å². The highest BCUT2D eigenvalue weighted by Crippen LogP contribution is 2.39. The molecule has 0 bridgehead atoms. The minimum absolute atomic E-state index is 0.0816. The van der Waals surface area contributed by atoms with Crippen molar-refractivity contribution in [1.82, 2.24) is 19.5 Å². The van der Waals surface area contributed by atoms with E-state index in [0.29, 0.717) is 37.6 Å². The van der Waals surface area contributed by atoms with Crippen molar-refractivity contribution in [3.8, 4) is 0 Å². The molecule has 3 aromatic rings. The third-order valence-corrected chi connectivity index (χ3v) is 9.05. The number of aromatic nitrogens is 2. The van der Waals surface area contributed by atoms with Crippen molar-refractivity contribution in [2.45, 2.75) is 49.3 Å². The Morgan fingerprint density at radius 3 is 2.86 bits per heavy atom. The SMILES string of the molecule is CSc1ccc(F)cc1[C@H]1C[C@H](F)CN1C1=Nn2c(C(=O)N=CC3CCN(Cc4cccc(C(=O)O)c4)C3)cnc2CC1. The minimum Gasteiger partial charge on any atom is -0.478 e. The number of amides is 1. The Balaban J connectivity index is 1.15. The van der Waals surface area contributed by atoms with Gasteiger partial charge < -0.3 is 10.0 Å². The van der Waals surface area contributed by atoms with Gasteiger partial charge in [0.05, 0.1) is 24.3 Å². The zero-order valence-corrected chi connectivity index (χ0v) is 24.5. The van der Waals surface area contributed by atoms with E-state index in [9.17, 15) is 23.5 Å². The molecule has 0 saturated carbocycles. The number of hydrogen-bond donors (Lipinski definition) is 1. The minimum atomic E-state index is -1.08. The van der Waals surface area contributed by atoms with Gasteiger partial charge in [0.15, 0.2) is 5.69 Å². The number of thioether (sulfide) groups is 1. The van der Waals surface area contributed by atoms with Gasteiger partial charge in [-0.3, -0.25) is 9.69 Å². The third-order valence-electron chi connectivity index (χ3n) is 8.24. The number of hydrogen-bond acceptors (Lipinski definition) is 7. The first-order valence-corrected chi connectivity index (χ1v) is 15.5. The van der Waals surface area contributed by atoms with Gasteiger partial charge in [0, 0.05) is 49.4 Å². The Morgan fingerprint density at radius 1 is 1.19 bits per heavy atom. The number of carboxylic acids is 1. The molecule has 1 N–H and O–H groups in total. The fourth-order valence-electron chi connectivity index (χ4n) is 6.16. The molecular formula is C31H32F2N6O3S. The second kappa shape index (κ2) is 12.4. The van der Waals surface area contributed by atoms with Crippen LogP contribution >= 0.6 is 11.8 Å². The molecule has 43 heavy (non-hydrogen) atoms. The smallest absolute Gasteiger partial charge is 0.335 e. The van der Waals surface area contributed by atoms with E-state index in [2.05, 4.69) is 14.9 Å². The van der Waals surface area contributed by atoms with Gasteiger partial charge in [-0.05, 0) is 60.7 Å². The van der Waals surface area contributed by atoms with Crippen LogP contribution in [0.5, 0.6) is 0 Å². The number of carbonyl (C=O) groups is 2. The lowest BCUT2D eigenvalue weighted by molar-refractivity contribution is 0.0696. The number of halogens is 2. The zero-order valence-electron chi connectivity index (χ0n) is 23.7. The molecule has 0 aliphatic carbocycles. The van der Waals surface area contributed by atoms with Crippen LogP contribution in [0.15, 0.2) is 63.7 Å². The number of amidine groups is 1. The van der Waals surface area contributed by atoms with Crippen LogP contribution in [0.1, 0.15) is 63.1 Å². The highest BCUT2D eigenvalue weighted by Gasteiger charge is 2.38. The molecule has 1 aromatic heterocycles. The molecule has 3 atom stereocenters. The molecular weight excluding hydrogens is 574 g/mol. The molecule has 224 valence electrons. The number of carboxylic acid groups (broad SMARTS) is 1. The lowest BCUT2D eigenvalue weighted by Crippen LogP contribution is -2.35. The lowest BCUT2D eigenvalue weighted by atomic mass is 10.0. The molecule has 2 fully saturated rings. The zero-order chi connectivity index (χ0) is 30.1. The number of carbonyl (C=O) groups excluding carboxylic acids is 1. The highest BCUT2D eigenvalue weighted by molar-refractivity contribution is 7.98. The Labute approximate surface area is 252 Å².